The maximum Gasteiger partial charge on any atom is 0.226 e. The van der Waals surface area contributed by atoms with E-state index in [4.69, 9.17) is 0 Å². The van der Waals surface area contributed by atoms with Crippen LogP contribution in [-0.2, 0) is 21.5 Å². The monoisotopic (exact) mass is 415 g/mol. The molecule has 0 spiro atoms. The first-order valence-corrected chi connectivity index (χ1v) is 10.8. The van der Waals surface area contributed by atoms with E-state index < -0.39 is 0 Å². The zero-order valence-corrected chi connectivity index (χ0v) is 18.2. The summed E-state index contributed by atoms with van der Waals surface area (Å²) in [6.45, 7) is 10.2. The number of nitrogens with one attached hydrogen (secondary N) is 1. The van der Waals surface area contributed by atoms with Gasteiger partial charge in [-0.1, -0.05) is 62.4 Å². The minimum atomic E-state index is -0.197. The fraction of sp³-hybridized carbons (Fsp3) is 0.524. The number of carbonyl (C=O) groups is 2. The maximum absolute atomic E-state index is 12.5. The number of rotatable bonds is 6. The molecular formula is C21H29N5O2S. The van der Waals surface area contributed by atoms with Crippen LogP contribution in [0.15, 0.2) is 30.3 Å². The molecule has 8 heteroatoms. The second-order valence-corrected chi connectivity index (χ2v) is 9.33. The van der Waals surface area contributed by atoms with E-state index in [2.05, 4.69) is 53.3 Å². The third-order valence-electron chi connectivity index (χ3n) is 4.85. The number of amides is 2. The first-order chi connectivity index (χ1) is 13.8. The van der Waals surface area contributed by atoms with Gasteiger partial charge >= 0.3 is 0 Å². The standard InChI is InChI=1S/C21H29N5O2S/c1-21(2,3)19-23-24-20(29-19)22-17(27)9-10-18(28)26-13-11-25(12-14-26)15-16-7-5-4-6-8-16/h4-8H,9-15H2,1-3H3,(H,22,24,27). The molecule has 3 rings (SSSR count). The molecule has 29 heavy (non-hydrogen) atoms. The number of anilines is 1. The first-order valence-electron chi connectivity index (χ1n) is 9.99. The second-order valence-electron chi connectivity index (χ2n) is 8.35. The molecule has 1 aliphatic rings. The Kier molecular flexibility index (Phi) is 6.97. The van der Waals surface area contributed by atoms with E-state index in [1.807, 2.05) is 23.1 Å². The number of carbonyl (C=O) groups excluding carboxylic acids is 2. The lowest BCUT2D eigenvalue weighted by Gasteiger charge is -2.34. The lowest BCUT2D eigenvalue weighted by Crippen LogP contribution is -2.48. The van der Waals surface area contributed by atoms with E-state index in [0.717, 1.165) is 24.6 Å². The molecule has 1 aromatic heterocycles. The van der Waals surface area contributed by atoms with Crippen molar-refractivity contribution in [3.63, 3.8) is 0 Å². The number of nitrogens with zero attached hydrogens (tertiary/aromatic N) is 4. The molecule has 1 aliphatic heterocycles. The average Bonchev–Trinajstić information content (AvgIpc) is 3.16. The number of aromatic nitrogens is 2. The maximum atomic E-state index is 12.5. The summed E-state index contributed by atoms with van der Waals surface area (Å²) in [4.78, 5) is 28.8. The predicted octanol–water partition coefficient (Wildman–Crippen LogP) is 2.90. The normalized spacial score (nSPS) is 15.3. The minimum absolute atomic E-state index is 0.0344. The highest BCUT2D eigenvalue weighted by molar-refractivity contribution is 7.15. The van der Waals surface area contributed by atoms with Crippen molar-refractivity contribution >= 4 is 28.3 Å². The summed E-state index contributed by atoms with van der Waals surface area (Å²) >= 11 is 1.38. The molecule has 156 valence electrons. The van der Waals surface area contributed by atoms with Gasteiger partial charge in [-0.25, -0.2) is 0 Å². The smallest absolute Gasteiger partial charge is 0.226 e. The fourth-order valence-electron chi connectivity index (χ4n) is 3.13. The molecule has 0 unspecified atom stereocenters. The Bertz CT molecular complexity index is 823. The third kappa shape index (κ3) is 6.33. The van der Waals surface area contributed by atoms with E-state index in [1.165, 1.54) is 16.9 Å². The molecule has 0 bridgehead atoms. The minimum Gasteiger partial charge on any atom is -0.340 e. The summed E-state index contributed by atoms with van der Waals surface area (Å²) in [5, 5.41) is 12.3. The van der Waals surface area contributed by atoms with Crippen LogP contribution in [0, 0.1) is 0 Å². The van der Waals surface area contributed by atoms with Crippen molar-refractivity contribution in [3.8, 4) is 0 Å². The van der Waals surface area contributed by atoms with Crippen molar-refractivity contribution in [1.82, 2.24) is 20.0 Å². The van der Waals surface area contributed by atoms with Crippen LogP contribution in [0.4, 0.5) is 5.13 Å². The highest BCUT2D eigenvalue weighted by Crippen LogP contribution is 2.27. The zero-order chi connectivity index (χ0) is 20.9. The highest BCUT2D eigenvalue weighted by atomic mass is 32.1. The van der Waals surface area contributed by atoms with Crippen LogP contribution >= 0.6 is 11.3 Å². The van der Waals surface area contributed by atoms with Crippen LogP contribution in [0.3, 0.4) is 0 Å². The van der Waals surface area contributed by atoms with Crippen LogP contribution in [0.1, 0.15) is 44.2 Å². The van der Waals surface area contributed by atoms with Gasteiger partial charge in [0.2, 0.25) is 16.9 Å². The summed E-state index contributed by atoms with van der Waals surface area (Å²) in [6, 6.07) is 10.4. The molecule has 1 N–H and O–H groups in total. The van der Waals surface area contributed by atoms with Gasteiger partial charge in [-0.2, -0.15) is 0 Å². The van der Waals surface area contributed by atoms with Crippen LogP contribution in [0.25, 0.3) is 0 Å². The molecule has 1 aromatic carbocycles. The Hall–Kier alpha value is -2.32. The van der Waals surface area contributed by atoms with Gasteiger partial charge in [-0.3, -0.25) is 14.5 Å². The Balaban J connectivity index is 1.38. The molecule has 2 amide bonds. The molecule has 2 aromatic rings. The number of benzene rings is 1. The van der Waals surface area contributed by atoms with Gasteiger partial charge in [-0.05, 0) is 5.56 Å². The summed E-state index contributed by atoms with van der Waals surface area (Å²) < 4.78 is 0. The van der Waals surface area contributed by atoms with Crippen molar-refractivity contribution in [3.05, 3.63) is 40.9 Å². The van der Waals surface area contributed by atoms with Gasteiger partial charge in [0, 0.05) is 51.0 Å². The van der Waals surface area contributed by atoms with Gasteiger partial charge in [0.05, 0.1) is 0 Å². The summed E-state index contributed by atoms with van der Waals surface area (Å²) in [7, 11) is 0. The molecule has 0 aliphatic carbocycles. The summed E-state index contributed by atoms with van der Waals surface area (Å²) in [5.74, 6) is -0.162. The van der Waals surface area contributed by atoms with Crippen molar-refractivity contribution < 1.29 is 9.59 Å². The first kappa shape index (κ1) is 21.4. The molecule has 0 radical (unpaired) electrons. The molecule has 7 nitrogen and oxygen atoms in total. The Morgan fingerprint density at radius 1 is 1.03 bits per heavy atom. The fourth-order valence-corrected chi connectivity index (χ4v) is 3.95. The quantitative estimate of drug-likeness (QED) is 0.785. The Morgan fingerprint density at radius 2 is 1.72 bits per heavy atom. The lowest BCUT2D eigenvalue weighted by molar-refractivity contribution is -0.134. The van der Waals surface area contributed by atoms with Gasteiger partial charge in [0.25, 0.3) is 0 Å². The van der Waals surface area contributed by atoms with Gasteiger partial charge in [0.15, 0.2) is 0 Å². The van der Waals surface area contributed by atoms with E-state index in [0.29, 0.717) is 18.2 Å². The van der Waals surface area contributed by atoms with Crippen LogP contribution in [0.2, 0.25) is 0 Å². The van der Waals surface area contributed by atoms with E-state index in [9.17, 15) is 9.59 Å². The van der Waals surface area contributed by atoms with E-state index in [1.54, 1.807) is 0 Å². The van der Waals surface area contributed by atoms with Crippen LogP contribution < -0.4 is 5.32 Å². The average molecular weight is 416 g/mol. The number of hydrogen-bond acceptors (Lipinski definition) is 6. The number of piperazine rings is 1. The molecular weight excluding hydrogens is 386 g/mol. The van der Waals surface area contributed by atoms with E-state index >= 15 is 0 Å². The molecule has 2 heterocycles. The number of hydrogen-bond donors (Lipinski definition) is 1. The largest absolute Gasteiger partial charge is 0.340 e. The van der Waals surface area contributed by atoms with Crippen LogP contribution in [-0.4, -0.2) is 58.0 Å². The van der Waals surface area contributed by atoms with Gasteiger partial charge in [-0.15, -0.1) is 10.2 Å². The van der Waals surface area contributed by atoms with E-state index in [-0.39, 0.29) is 30.1 Å². The van der Waals surface area contributed by atoms with Crippen molar-refractivity contribution in [2.45, 2.75) is 45.6 Å². The second kappa shape index (κ2) is 9.45. The lowest BCUT2D eigenvalue weighted by atomic mass is 9.98. The summed E-state index contributed by atoms with van der Waals surface area (Å²) in [6.07, 6.45) is 0.378. The van der Waals surface area contributed by atoms with Crippen molar-refractivity contribution in [2.24, 2.45) is 0 Å². The Labute approximate surface area is 176 Å². The van der Waals surface area contributed by atoms with Gasteiger partial charge < -0.3 is 10.2 Å². The zero-order valence-electron chi connectivity index (χ0n) is 17.4. The molecule has 1 saturated heterocycles. The van der Waals surface area contributed by atoms with Gasteiger partial charge in [0.1, 0.15) is 5.01 Å². The molecule has 1 fully saturated rings. The van der Waals surface area contributed by atoms with Crippen molar-refractivity contribution in [2.75, 3.05) is 31.5 Å². The Morgan fingerprint density at radius 3 is 2.34 bits per heavy atom. The topological polar surface area (TPSA) is 78.4 Å². The summed E-state index contributed by atoms with van der Waals surface area (Å²) in [5.41, 5.74) is 1.19. The predicted molar refractivity (Wildman–Crippen MR) is 115 cm³/mol. The van der Waals surface area contributed by atoms with Crippen molar-refractivity contribution in [1.29, 1.82) is 0 Å². The SMILES string of the molecule is CC(C)(C)c1nnc(NC(=O)CCC(=O)N2CCN(Cc3ccccc3)CC2)s1. The highest BCUT2D eigenvalue weighted by Gasteiger charge is 2.23. The third-order valence-corrected chi connectivity index (χ3v) is 6.12. The molecule has 0 saturated carbocycles. The van der Waals surface area contributed by atoms with Crippen LogP contribution in [0.5, 0.6) is 0 Å². The molecule has 0 atom stereocenters.